The summed E-state index contributed by atoms with van der Waals surface area (Å²) in [7, 11) is 0. The van der Waals surface area contributed by atoms with Gasteiger partial charge in [0, 0.05) is 16.2 Å². The van der Waals surface area contributed by atoms with E-state index in [1.165, 1.54) is 0 Å². The first-order chi connectivity index (χ1) is 13.3. The Morgan fingerprint density at radius 1 is 0.964 bits per heavy atom. The predicted octanol–water partition coefficient (Wildman–Crippen LogP) is 6.16. The van der Waals surface area contributed by atoms with Gasteiger partial charge in [-0.15, -0.1) is 0 Å². The number of aromatic nitrogens is 2. The number of hydrogen-bond donors (Lipinski definition) is 0. The Kier molecular flexibility index (Phi) is 6.14. The molecule has 1 atom stereocenters. The van der Waals surface area contributed by atoms with Gasteiger partial charge in [-0.2, -0.15) is 0 Å². The first kappa shape index (κ1) is 20.5. The average Bonchev–Trinajstić information content (AvgIpc) is 2.64. The molecule has 1 fully saturated rings. The van der Waals surface area contributed by atoms with Crippen LogP contribution in [0.2, 0.25) is 5.02 Å². The molecule has 146 valence electrons. The highest BCUT2D eigenvalue weighted by Crippen LogP contribution is 2.37. The van der Waals surface area contributed by atoms with Crippen LogP contribution in [0.4, 0.5) is 0 Å². The lowest BCUT2D eigenvalue weighted by Gasteiger charge is -2.28. The Morgan fingerprint density at radius 3 is 2.21 bits per heavy atom. The highest BCUT2D eigenvalue weighted by Gasteiger charge is 2.30. The number of halogens is 1. The Morgan fingerprint density at radius 2 is 1.57 bits per heavy atom. The summed E-state index contributed by atoms with van der Waals surface area (Å²) < 4.78 is 0. The Balaban J connectivity index is 2.05. The molecule has 28 heavy (non-hydrogen) atoms. The maximum Gasteiger partial charge on any atom is 0.185 e. The Labute approximate surface area is 172 Å². The summed E-state index contributed by atoms with van der Waals surface area (Å²) in [6, 6.07) is 7.64. The molecule has 1 heterocycles. The van der Waals surface area contributed by atoms with E-state index in [1.54, 1.807) is 0 Å². The van der Waals surface area contributed by atoms with E-state index in [-0.39, 0.29) is 5.78 Å². The van der Waals surface area contributed by atoms with Crippen LogP contribution < -0.4 is 0 Å². The van der Waals surface area contributed by atoms with Gasteiger partial charge in [0.15, 0.2) is 5.78 Å². The molecule has 0 radical (unpaired) electrons. The average molecular weight is 395 g/mol. The lowest BCUT2D eigenvalue weighted by atomic mass is 9.75. The van der Waals surface area contributed by atoms with E-state index in [0.29, 0.717) is 16.9 Å². The molecule has 1 aliphatic rings. The van der Waals surface area contributed by atoms with Crippen molar-refractivity contribution in [3.8, 4) is 0 Å². The zero-order valence-electron chi connectivity index (χ0n) is 17.2. The summed E-state index contributed by atoms with van der Waals surface area (Å²) in [5.41, 5.74) is 5.97. The van der Waals surface area contributed by atoms with Crippen LogP contribution >= 0.6 is 11.6 Å². The molecule has 1 saturated carbocycles. The molecule has 1 unspecified atom stereocenters. The number of allylic oxidation sites excluding steroid dienone is 2. The molecule has 0 saturated heterocycles. The van der Waals surface area contributed by atoms with Crippen LogP contribution in [0.15, 0.2) is 35.4 Å². The van der Waals surface area contributed by atoms with Crippen LogP contribution in [0.5, 0.6) is 0 Å². The van der Waals surface area contributed by atoms with Crippen molar-refractivity contribution in [1.82, 2.24) is 9.97 Å². The van der Waals surface area contributed by atoms with Crippen molar-refractivity contribution in [2.45, 2.75) is 47.5 Å². The van der Waals surface area contributed by atoms with E-state index >= 15 is 0 Å². The van der Waals surface area contributed by atoms with Gasteiger partial charge < -0.3 is 0 Å². The molecule has 0 aliphatic heterocycles. The van der Waals surface area contributed by atoms with Crippen LogP contribution in [0.25, 0.3) is 12.2 Å². The van der Waals surface area contributed by atoms with E-state index in [1.807, 2.05) is 57.2 Å². The number of benzene rings is 1. The summed E-state index contributed by atoms with van der Waals surface area (Å²) in [6.45, 7) is 10.3. The second-order valence-electron chi connectivity index (χ2n) is 7.97. The van der Waals surface area contributed by atoms with Crippen LogP contribution in [0.3, 0.4) is 0 Å². The van der Waals surface area contributed by atoms with Gasteiger partial charge in [-0.25, -0.2) is 4.98 Å². The minimum Gasteiger partial charge on any atom is -0.289 e. The van der Waals surface area contributed by atoms with E-state index in [4.69, 9.17) is 11.6 Å². The second-order valence-corrected chi connectivity index (χ2v) is 8.37. The van der Waals surface area contributed by atoms with Gasteiger partial charge in [0.1, 0.15) is 0 Å². The third kappa shape index (κ3) is 4.41. The number of Topliss-reactive ketones (excluding diaryl/α,β-unsaturated/α-hetero) is 1. The van der Waals surface area contributed by atoms with Gasteiger partial charge in [0.05, 0.1) is 22.8 Å². The summed E-state index contributed by atoms with van der Waals surface area (Å²) in [5, 5.41) is 0.663. The minimum absolute atomic E-state index is 0.0937. The standard InChI is InChI=1S/C24H27ClN2O/c1-14(2)19-11-20(10-18-8-6-7-9-22(18)25)24(28)21(12-19)13-23-17(5)26-15(3)16(4)27-23/h6-10,13-14,19H,11-12H2,1-5H3/b20-10+,21-13+. The molecule has 4 heteroatoms. The molecule has 0 N–H and O–H groups in total. The first-order valence-electron chi connectivity index (χ1n) is 9.78. The Bertz CT molecular complexity index is 973. The van der Waals surface area contributed by atoms with Gasteiger partial charge in [-0.3, -0.25) is 9.78 Å². The number of carbonyl (C=O) groups excluding carboxylic acids is 1. The van der Waals surface area contributed by atoms with Gasteiger partial charge in [0.2, 0.25) is 0 Å². The van der Waals surface area contributed by atoms with E-state index in [0.717, 1.165) is 52.3 Å². The molecule has 3 nitrogen and oxygen atoms in total. The lowest BCUT2D eigenvalue weighted by molar-refractivity contribution is -0.113. The largest absolute Gasteiger partial charge is 0.289 e. The van der Waals surface area contributed by atoms with Gasteiger partial charge in [-0.05, 0) is 69.2 Å². The van der Waals surface area contributed by atoms with E-state index in [9.17, 15) is 4.79 Å². The zero-order chi connectivity index (χ0) is 20.4. The number of hydrogen-bond acceptors (Lipinski definition) is 3. The van der Waals surface area contributed by atoms with Crippen molar-refractivity contribution < 1.29 is 4.79 Å². The molecule has 1 aromatic heterocycles. The predicted molar refractivity (Wildman–Crippen MR) is 116 cm³/mol. The number of carbonyl (C=O) groups is 1. The van der Waals surface area contributed by atoms with Crippen LogP contribution in [-0.2, 0) is 4.79 Å². The van der Waals surface area contributed by atoms with Crippen molar-refractivity contribution in [1.29, 1.82) is 0 Å². The number of rotatable bonds is 3. The molecular formula is C24H27ClN2O. The lowest BCUT2D eigenvalue weighted by Crippen LogP contribution is -2.23. The van der Waals surface area contributed by atoms with Crippen molar-refractivity contribution in [2.75, 3.05) is 0 Å². The second kappa shape index (κ2) is 8.40. The fourth-order valence-corrected chi connectivity index (χ4v) is 3.75. The molecule has 1 aromatic carbocycles. The van der Waals surface area contributed by atoms with Crippen LogP contribution in [0.1, 0.15) is 55.0 Å². The molecule has 0 amide bonds. The molecule has 2 aromatic rings. The Hall–Kier alpha value is -2.26. The first-order valence-corrected chi connectivity index (χ1v) is 10.2. The summed E-state index contributed by atoms with van der Waals surface area (Å²) in [5.74, 6) is 0.992. The summed E-state index contributed by atoms with van der Waals surface area (Å²) in [4.78, 5) is 22.5. The van der Waals surface area contributed by atoms with Gasteiger partial charge in [0.25, 0.3) is 0 Å². The highest BCUT2D eigenvalue weighted by molar-refractivity contribution is 6.32. The molecule has 1 aliphatic carbocycles. The third-order valence-corrected chi connectivity index (χ3v) is 5.90. The van der Waals surface area contributed by atoms with Gasteiger partial charge in [-0.1, -0.05) is 43.6 Å². The normalized spacial score (nSPS) is 20.4. The smallest absolute Gasteiger partial charge is 0.185 e. The highest BCUT2D eigenvalue weighted by atomic mass is 35.5. The molecule has 0 spiro atoms. The fraction of sp³-hybridized carbons (Fsp3) is 0.375. The maximum absolute atomic E-state index is 13.2. The van der Waals surface area contributed by atoms with Crippen LogP contribution in [-0.4, -0.2) is 15.8 Å². The molecular weight excluding hydrogens is 368 g/mol. The summed E-state index contributed by atoms with van der Waals surface area (Å²) in [6.07, 6.45) is 5.43. The number of nitrogens with zero attached hydrogens (tertiary/aromatic N) is 2. The van der Waals surface area contributed by atoms with E-state index < -0.39 is 0 Å². The number of ketones is 1. The number of aryl methyl sites for hydroxylation is 3. The monoisotopic (exact) mass is 394 g/mol. The minimum atomic E-state index is 0.0937. The van der Waals surface area contributed by atoms with Gasteiger partial charge >= 0.3 is 0 Å². The third-order valence-electron chi connectivity index (χ3n) is 5.55. The SMILES string of the molecule is Cc1nc(C)c(/C=C2\CC(C(C)C)C/C(=C\c3ccccc3Cl)C2=O)nc1C. The summed E-state index contributed by atoms with van der Waals surface area (Å²) >= 11 is 6.32. The van der Waals surface area contributed by atoms with Crippen molar-refractivity contribution in [3.05, 3.63) is 68.8 Å². The van der Waals surface area contributed by atoms with Crippen molar-refractivity contribution >= 4 is 29.5 Å². The maximum atomic E-state index is 13.2. The molecule has 3 rings (SSSR count). The fourth-order valence-electron chi connectivity index (χ4n) is 3.56. The van der Waals surface area contributed by atoms with Crippen LogP contribution in [0, 0.1) is 32.6 Å². The zero-order valence-corrected chi connectivity index (χ0v) is 18.0. The van der Waals surface area contributed by atoms with Crippen molar-refractivity contribution in [3.63, 3.8) is 0 Å². The van der Waals surface area contributed by atoms with E-state index in [2.05, 4.69) is 23.8 Å². The molecule has 0 bridgehead atoms. The topological polar surface area (TPSA) is 42.9 Å². The quantitative estimate of drug-likeness (QED) is 0.585. The van der Waals surface area contributed by atoms with Crippen molar-refractivity contribution in [2.24, 2.45) is 11.8 Å².